The molecule has 1 N–H and O–H groups in total. The summed E-state index contributed by atoms with van der Waals surface area (Å²) in [6, 6.07) is 21.0. The van der Waals surface area contributed by atoms with Gasteiger partial charge in [0, 0.05) is 16.5 Å². The number of alkyl halides is 3. The lowest BCUT2D eigenvalue weighted by Gasteiger charge is -2.11. The fraction of sp³-hybridized carbons (Fsp3) is 0.0400. The first kappa shape index (κ1) is 20.3. The Hall–Kier alpha value is -3.93. The molecular formula is C25H17F3N2O. The van der Waals surface area contributed by atoms with Gasteiger partial charge < -0.3 is 5.32 Å². The molecule has 4 aromatic rings. The van der Waals surface area contributed by atoms with Crippen molar-refractivity contribution < 1.29 is 18.0 Å². The molecule has 1 heterocycles. The molecule has 31 heavy (non-hydrogen) atoms. The van der Waals surface area contributed by atoms with Gasteiger partial charge in [0.1, 0.15) is 0 Å². The SMILES string of the molecule is C=Cc1cccc(-c2ccc3cccc(NC(=O)c4ccc(C(F)(F)F)cc4)c3n2)c1. The van der Waals surface area contributed by atoms with E-state index in [0.29, 0.717) is 11.2 Å². The molecule has 4 rings (SSSR count). The molecule has 3 nitrogen and oxygen atoms in total. The van der Waals surface area contributed by atoms with E-state index in [0.717, 1.165) is 46.5 Å². The highest BCUT2D eigenvalue weighted by molar-refractivity contribution is 6.08. The number of hydrogen-bond acceptors (Lipinski definition) is 2. The Balaban J connectivity index is 1.67. The Morgan fingerprint density at radius 1 is 0.935 bits per heavy atom. The van der Waals surface area contributed by atoms with Crippen molar-refractivity contribution in [3.05, 3.63) is 102 Å². The molecule has 0 bridgehead atoms. The minimum absolute atomic E-state index is 0.125. The molecule has 0 unspecified atom stereocenters. The van der Waals surface area contributed by atoms with Crippen molar-refractivity contribution in [2.45, 2.75) is 6.18 Å². The molecule has 0 aliphatic heterocycles. The second-order valence-electron chi connectivity index (χ2n) is 6.93. The number of pyridine rings is 1. The Morgan fingerprint density at radius 2 is 1.68 bits per heavy atom. The highest BCUT2D eigenvalue weighted by Gasteiger charge is 2.30. The first-order valence-electron chi connectivity index (χ1n) is 9.46. The summed E-state index contributed by atoms with van der Waals surface area (Å²) in [5.74, 6) is -0.512. The normalized spacial score (nSPS) is 11.3. The van der Waals surface area contributed by atoms with Crippen LogP contribution in [-0.4, -0.2) is 10.9 Å². The van der Waals surface area contributed by atoms with E-state index in [1.54, 1.807) is 18.2 Å². The molecule has 0 atom stereocenters. The number of nitrogens with one attached hydrogen (secondary N) is 1. The highest BCUT2D eigenvalue weighted by atomic mass is 19.4. The second-order valence-corrected chi connectivity index (χ2v) is 6.93. The van der Waals surface area contributed by atoms with E-state index in [4.69, 9.17) is 4.98 Å². The average Bonchev–Trinajstić information content (AvgIpc) is 2.78. The molecule has 1 amide bonds. The van der Waals surface area contributed by atoms with Gasteiger partial charge in [0.25, 0.3) is 5.91 Å². The summed E-state index contributed by atoms with van der Waals surface area (Å²) in [7, 11) is 0. The quantitative estimate of drug-likeness (QED) is 0.395. The molecule has 1 aromatic heterocycles. The third-order valence-corrected chi connectivity index (χ3v) is 4.86. The van der Waals surface area contributed by atoms with Crippen LogP contribution in [0.25, 0.3) is 28.2 Å². The van der Waals surface area contributed by atoms with E-state index in [-0.39, 0.29) is 5.56 Å². The molecule has 0 saturated heterocycles. The minimum atomic E-state index is -4.45. The fourth-order valence-electron chi connectivity index (χ4n) is 3.24. The summed E-state index contributed by atoms with van der Waals surface area (Å²) in [6.07, 6.45) is -2.70. The van der Waals surface area contributed by atoms with Crippen LogP contribution < -0.4 is 5.32 Å². The van der Waals surface area contributed by atoms with Gasteiger partial charge in [-0.05, 0) is 48.0 Å². The number of benzene rings is 3. The van der Waals surface area contributed by atoms with Crippen molar-refractivity contribution in [3.63, 3.8) is 0 Å². The summed E-state index contributed by atoms with van der Waals surface area (Å²) in [4.78, 5) is 17.3. The topological polar surface area (TPSA) is 42.0 Å². The van der Waals surface area contributed by atoms with Crippen molar-refractivity contribution in [2.24, 2.45) is 0 Å². The Kier molecular flexibility index (Phi) is 5.29. The van der Waals surface area contributed by atoms with Crippen molar-refractivity contribution in [3.8, 4) is 11.3 Å². The third kappa shape index (κ3) is 4.33. The molecule has 0 fully saturated rings. The maximum Gasteiger partial charge on any atom is 0.416 e. The van der Waals surface area contributed by atoms with Gasteiger partial charge in [-0.15, -0.1) is 0 Å². The lowest BCUT2D eigenvalue weighted by molar-refractivity contribution is -0.137. The molecule has 154 valence electrons. The number of nitrogens with zero attached hydrogens (tertiary/aromatic N) is 1. The molecule has 6 heteroatoms. The van der Waals surface area contributed by atoms with Gasteiger partial charge in [0.2, 0.25) is 0 Å². The van der Waals surface area contributed by atoms with E-state index >= 15 is 0 Å². The molecule has 3 aromatic carbocycles. The standard InChI is InChI=1S/C25H17F3N2O/c1-2-16-5-3-7-19(15-16)21-14-11-17-6-4-8-22(23(17)29-21)30-24(31)18-9-12-20(13-10-18)25(26,27)28/h2-15H,1H2,(H,30,31). The smallest absolute Gasteiger partial charge is 0.320 e. The van der Waals surface area contributed by atoms with Crippen LogP contribution in [0.2, 0.25) is 0 Å². The number of para-hydroxylation sites is 1. The molecule has 0 spiro atoms. The van der Waals surface area contributed by atoms with Gasteiger partial charge >= 0.3 is 6.18 Å². The molecule has 0 aliphatic rings. The number of rotatable bonds is 4. The highest BCUT2D eigenvalue weighted by Crippen LogP contribution is 2.30. The van der Waals surface area contributed by atoms with E-state index < -0.39 is 17.6 Å². The van der Waals surface area contributed by atoms with Crippen LogP contribution in [0.4, 0.5) is 18.9 Å². The number of amides is 1. The van der Waals surface area contributed by atoms with E-state index in [9.17, 15) is 18.0 Å². The third-order valence-electron chi connectivity index (χ3n) is 4.86. The van der Waals surface area contributed by atoms with Gasteiger partial charge in [-0.2, -0.15) is 13.2 Å². The summed E-state index contributed by atoms with van der Waals surface area (Å²) < 4.78 is 38.3. The predicted molar refractivity (Wildman–Crippen MR) is 117 cm³/mol. The van der Waals surface area contributed by atoms with Gasteiger partial charge in [-0.25, -0.2) is 4.98 Å². The zero-order valence-electron chi connectivity index (χ0n) is 16.3. The maximum atomic E-state index is 12.8. The van der Waals surface area contributed by atoms with Gasteiger partial charge in [0.05, 0.1) is 22.5 Å². The number of aromatic nitrogens is 1. The maximum absolute atomic E-state index is 12.8. The van der Waals surface area contributed by atoms with Gasteiger partial charge in [-0.3, -0.25) is 4.79 Å². The lowest BCUT2D eigenvalue weighted by atomic mass is 10.1. The fourth-order valence-corrected chi connectivity index (χ4v) is 3.24. The molecule has 0 radical (unpaired) electrons. The Labute approximate surface area is 176 Å². The summed E-state index contributed by atoms with van der Waals surface area (Å²) in [5.41, 5.74) is 2.98. The number of anilines is 1. The van der Waals surface area contributed by atoms with Crippen LogP contribution in [0.5, 0.6) is 0 Å². The van der Waals surface area contributed by atoms with Crippen LogP contribution >= 0.6 is 0 Å². The van der Waals surface area contributed by atoms with Gasteiger partial charge in [0.15, 0.2) is 0 Å². The Morgan fingerprint density at radius 3 is 2.39 bits per heavy atom. The van der Waals surface area contributed by atoms with Crippen molar-refractivity contribution in [2.75, 3.05) is 5.32 Å². The number of halogens is 3. The van der Waals surface area contributed by atoms with Crippen molar-refractivity contribution >= 4 is 28.6 Å². The molecular weight excluding hydrogens is 401 g/mol. The zero-order valence-corrected chi connectivity index (χ0v) is 16.3. The summed E-state index contributed by atoms with van der Waals surface area (Å²) >= 11 is 0. The van der Waals surface area contributed by atoms with E-state index in [1.807, 2.05) is 42.5 Å². The van der Waals surface area contributed by atoms with Crippen LogP contribution in [0, 0.1) is 0 Å². The molecule has 0 aliphatic carbocycles. The summed E-state index contributed by atoms with van der Waals surface area (Å²) in [5, 5.41) is 3.59. The monoisotopic (exact) mass is 418 g/mol. The van der Waals surface area contributed by atoms with Crippen LogP contribution in [-0.2, 0) is 6.18 Å². The lowest BCUT2D eigenvalue weighted by Crippen LogP contribution is -2.13. The summed E-state index contributed by atoms with van der Waals surface area (Å²) in [6.45, 7) is 3.78. The predicted octanol–water partition coefficient (Wildman–Crippen LogP) is 6.82. The number of hydrogen-bond donors (Lipinski definition) is 1. The average molecular weight is 418 g/mol. The zero-order chi connectivity index (χ0) is 22.0. The van der Waals surface area contributed by atoms with Crippen LogP contribution in [0.3, 0.4) is 0 Å². The second kappa shape index (κ2) is 8.07. The van der Waals surface area contributed by atoms with Crippen molar-refractivity contribution in [1.29, 1.82) is 0 Å². The minimum Gasteiger partial charge on any atom is -0.320 e. The number of carbonyl (C=O) groups excluding carboxylic acids is 1. The van der Waals surface area contributed by atoms with Crippen molar-refractivity contribution in [1.82, 2.24) is 4.98 Å². The number of fused-ring (bicyclic) bond motifs is 1. The Bertz CT molecular complexity index is 1280. The largest absolute Gasteiger partial charge is 0.416 e. The van der Waals surface area contributed by atoms with Crippen LogP contribution in [0.1, 0.15) is 21.5 Å². The van der Waals surface area contributed by atoms with E-state index in [2.05, 4.69) is 11.9 Å². The van der Waals surface area contributed by atoms with Gasteiger partial charge in [-0.1, -0.05) is 49.1 Å². The first-order valence-corrected chi connectivity index (χ1v) is 9.46. The van der Waals surface area contributed by atoms with Crippen LogP contribution in [0.15, 0.2) is 85.4 Å². The van der Waals surface area contributed by atoms with E-state index in [1.165, 1.54) is 0 Å². The number of carbonyl (C=O) groups is 1. The first-order chi connectivity index (χ1) is 14.8. The molecule has 0 saturated carbocycles.